The van der Waals surface area contributed by atoms with Gasteiger partial charge in [-0.15, -0.1) is 0 Å². The van der Waals surface area contributed by atoms with Crippen molar-refractivity contribution in [2.24, 2.45) is 0 Å². The topological polar surface area (TPSA) is 89.9 Å². The molecule has 0 aliphatic carbocycles. The van der Waals surface area contributed by atoms with Gasteiger partial charge in [-0.1, -0.05) is 5.16 Å². The normalized spacial score (nSPS) is 11.6. The molecule has 0 radical (unpaired) electrons. The van der Waals surface area contributed by atoms with Gasteiger partial charge in [0.1, 0.15) is 0 Å². The Morgan fingerprint density at radius 1 is 1.17 bits per heavy atom. The van der Waals surface area contributed by atoms with Gasteiger partial charge in [0.05, 0.1) is 12.8 Å². The van der Waals surface area contributed by atoms with Crippen LogP contribution in [0.25, 0.3) is 11.7 Å². The monoisotopic (exact) mass is 339 g/mol. The van der Waals surface area contributed by atoms with Crippen LogP contribution in [-0.2, 0) is 13.0 Å². The fourth-order valence-electron chi connectivity index (χ4n) is 1.87. The molecule has 3 aromatic rings. The highest BCUT2D eigenvalue weighted by Gasteiger charge is 2.26. The molecule has 0 saturated heterocycles. The van der Waals surface area contributed by atoms with Crippen molar-refractivity contribution in [3.63, 3.8) is 0 Å². The minimum Gasteiger partial charge on any atom is -0.459 e. The summed E-state index contributed by atoms with van der Waals surface area (Å²) < 4.78 is 46.9. The Bertz CT molecular complexity index is 786. The molecule has 3 aromatic heterocycles. The van der Waals surface area contributed by atoms with E-state index in [1.807, 2.05) is 0 Å². The second kappa shape index (κ2) is 6.69. The predicted octanol–water partition coefficient (Wildman–Crippen LogP) is 3.23. The maximum atomic E-state index is 12.2. The Kier molecular flexibility index (Phi) is 4.45. The van der Waals surface area contributed by atoms with Crippen LogP contribution in [0, 0.1) is 0 Å². The Morgan fingerprint density at radius 2 is 2.04 bits per heavy atom. The van der Waals surface area contributed by atoms with Crippen LogP contribution in [0.2, 0.25) is 0 Å². The van der Waals surface area contributed by atoms with Gasteiger partial charge in [-0.25, -0.2) is 9.97 Å². The van der Waals surface area contributed by atoms with Gasteiger partial charge in [0.15, 0.2) is 11.6 Å². The van der Waals surface area contributed by atoms with Crippen molar-refractivity contribution >= 4 is 5.95 Å². The average molecular weight is 339 g/mol. The Balaban J connectivity index is 1.59. The Hall–Kier alpha value is -2.91. The molecule has 0 fully saturated rings. The highest BCUT2D eigenvalue weighted by molar-refractivity contribution is 5.42. The highest BCUT2D eigenvalue weighted by atomic mass is 19.4. The van der Waals surface area contributed by atoms with E-state index in [9.17, 15) is 13.2 Å². The van der Waals surface area contributed by atoms with Crippen molar-refractivity contribution in [1.29, 1.82) is 0 Å². The molecule has 24 heavy (non-hydrogen) atoms. The first-order valence-electron chi connectivity index (χ1n) is 6.98. The predicted molar refractivity (Wildman–Crippen MR) is 75.7 cm³/mol. The minimum atomic E-state index is -4.22. The number of nitrogens with one attached hydrogen (secondary N) is 1. The van der Waals surface area contributed by atoms with Crippen LogP contribution in [0.3, 0.4) is 0 Å². The third kappa shape index (κ3) is 4.31. The fraction of sp³-hybridized carbons (Fsp3) is 0.286. The first kappa shape index (κ1) is 16.0. The molecule has 0 spiro atoms. The van der Waals surface area contributed by atoms with Crippen LogP contribution in [0.5, 0.6) is 0 Å². The summed E-state index contributed by atoms with van der Waals surface area (Å²) in [7, 11) is 0. The zero-order valence-corrected chi connectivity index (χ0v) is 12.2. The molecule has 0 amide bonds. The molecule has 0 aliphatic heterocycles. The third-order valence-electron chi connectivity index (χ3n) is 2.98. The van der Waals surface area contributed by atoms with E-state index in [0.29, 0.717) is 17.3 Å². The van der Waals surface area contributed by atoms with Crippen LogP contribution in [0.1, 0.15) is 17.9 Å². The van der Waals surface area contributed by atoms with Gasteiger partial charge in [-0.3, -0.25) is 0 Å². The number of rotatable bonds is 6. The summed E-state index contributed by atoms with van der Waals surface area (Å²) in [4.78, 5) is 12.1. The number of furan rings is 1. The summed E-state index contributed by atoms with van der Waals surface area (Å²) >= 11 is 0. The van der Waals surface area contributed by atoms with E-state index >= 15 is 0 Å². The van der Waals surface area contributed by atoms with Crippen LogP contribution < -0.4 is 5.32 Å². The summed E-state index contributed by atoms with van der Waals surface area (Å²) in [6.07, 6.45) is -2.47. The second-order valence-electron chi connectivity index (χ2n) is 4.83. The summed E-state index contributed by atoms with van der Waals surface area (Å²) in [5.74, 6) is 1.21. The first-order chi connectivity index (χ1) is 11.5. The van der Waals surface area contributed by atoms with E-state index < -0.39 is 12.6 Å². The lowest BCUT2D eigenvalue weighted by atomic mass is 10.2. The molecule has 0 saturated carbocycles. The zero-order valence-electron chi connectivity index (χ0n) is 12.2. The molecule has 10 heteroatoms. The number of hydrogen-bond donors (Lipinski definition) is 1. The molecular weight excluding hydrogens is 327 g/mol. The molecule has 1 N–H and O–H groups in total. The van der Waals surface area contributed by atoms with Gasteiger partial charge < -0.3 is 14.3 Å². The zero-order chi connectivity index (χ0) is 17.0. The van der Waals surface area contributed by atoms with E-state index in [1.165, 1.54) is 18.5 Å². The molecule has 0 aromatic carbocycles. The smallest absolute Gasteiger partial charge is 0.389 e. The van der Waals surface area contributed by atoms with Gasteiger partial charge in [0.25, 0.3) is 5.89 Å². The maximum absolute atomic E-state index is 12.2. The number of halogens is 3. The van der Waals surface area contributed by atoms with Crippen molar-refractivity contribution < 1.29 is 22.1 Å². The standard InChI is InChI=1S/C14H12F3N5O2/c15-14(16,17)5-3-9-4-6-18-13(20-9)19-8-11-21-12(24-22-11)10-2-1-7-23-10/h1-2,4,6-7H,3,5,8H2,(H,18,19,20). The molecule has 7 nitrogen and oxygen atoms in total. The molecule has 0 unspecified atom stereocenters. The molecule has 0 bridgehead atoms. The van der Waals surface area contributed by atoms with Gasteiger partial charge in [-0.2, -0.15) is 18.2 Å². The van der Waals surface area contributed by atoms with E-state index in [0.717, 1.165) is 0 Å². The number of hydrogen-bond acceptors (Lipinski definition) is 7. The van der Waals surface area contributed by atoms with Crippen molar-refractivity contribution in [2.75, 3.05) is 5.32 Å². The van der Waals surface area contributed by atoms with E-state index in [1.54, 1.807) is 12.1 Å². The lowest BCUT2D eigenvalue weighted by Crippen LogP contribution is -2.10. The van der Waals surface area contributed by atoms with Crippen LogP contribution in [-0.4, -0.2) is 26.3 Å². The summed E-state index contributed by atoms with van der Waals surface area (Å²) in [6, 6.07) is 4.82. The number of aryl methyl sites for hydroxylation is 1. The fourth-order valence-corrected chi connectivity index (χ4v) is 1.87. The third-order valence-corrected chi connectivity index (χ3v) is 2.98. The molecule has 126 valence electrons. The quantitative estimate of drug-likeness (QED) is 0.737. The SMILES string of the molecule is FC(F)(F)CCc1ccnc(NCc2noc(-c3ccco3)n2)n1. The Morgan fingerprint density at radius 3 is 2.79 bits per heavy atom. The van der Waals surface area contributed by atoms with Crippen molar-refractivity contribution in [1.82, 2.24) is 20.1 Å². The Labute approximate surface area is 133 Å². The van der Waals surface area contributed by atoms with E-state index in [2.05, 4.69) is 25.4 Å². The summed E-state index contributed by atoms with van der Waals surface area (Å²) in [5, 5.41) is 6.60. The largest absolute Gasteiger partial charge is 0.459 e. The summed E-state index contributed by atoms with van der Waals surface area (Å²) in [6.45, 7) is 0.160. The van der Waals surface area contributed by atoms with E-state index in [-0.39, 0.29) is 24.8 Å². The summed E-state index contributed by atoms with van der Waals surface area (Å²) in [5.41, 5.74) is 0.300. The highest BCUT2D eigenvalue weighted by Crippen LogP contribution is 2.21. The minimum absolute atomic E-state index is 0.160. The van der Waals surface area contributed by atoms with Crippen molar-refractivity contribution in [3.8, 4) is 11.7 Å². The molecule has 3 rings (SSSR count). The van der Waals surface area contributed by atoms with Crippen molar-refractivity contribution in [2.45, 2.75) is 25.6 Å². The van der Waals surface area contributed by atoms with Gasteiger partial charge in [-0.05, 0) is 24.6 Å². The maximum Gasteiger partial charge on any atom is 0.389 e. The number of nitrogens with zero attached hydrogens (tertiary/aromatic N) is 4. The number of aromatic nitrogens is 4. The van der Waals surface area contributed by atoms with Crippen LogP contribution in [0.15, 0.2) is 39.6 Å². The molecular formula is C14H12F3N5O2. The van der Waals surface area contributed by atoms with E-state index in [4.69, 9.17) is 8.94 Å². The lowest BCUT2D eigenvalue weighted by molar-refractivity contribution is -0.134. The van der Waals surface area contributed by atoms with Crippen LogP contribution in [0.4, 0.5) is 19.1 Å². The van der Waals surface area contributed by atoms with Gasteiger partial charge >= 0.3 is 6.18 Å². The lowest BCUT2D eigenvalue weighted by Gasteiger charge is -2.07. The molecule has 0 atom stereocenters. The average Bonchev–Trinajstić information content (AvgIpc) is 3.22. The van der Waals surface area contributed by atoms with Crippen molar-refractivity contribution in [3.05, 3.63) is 42.2 Å². The second-order valence-corrected chi connectivity index (χ2v) is 4.83. The first-order valence-corrected chi connectivity index (χ1v) is 6.98. The molecule has 3 heterocycles. The van der Waals surface area contributed by atoms with Crippen LogP contribution >= 0.6 is 0 Å². The van der Waals surface area contributed by atoms with Gasteiger partial charge in [0, 0.05) is 18.3 Å². The number of alkyl halides is 3. The number of anilines is 1. The molecule has 0 aliphatic rings. The van der Waals surface area contributed by atoms with Gasteiger partial charge in [0.2, 0.25) is 5.95 Å².